The van der Waals surface area contributed by atoms with E-state index < -0.39 is 0 Å². The van der Waals surface area contributed by atoms with Crippen molar-refractivity contribution in [3.05, 3.63) is 54.1 Å². The number of hydrogen-bond donors (Lipinski definition) is 2. The maximum atomic E-state index is 9.86. The molecule has 0 aliphatic rings. The highest BCUT2D eigenvalue weighted by Crippen LogP contribution is 2.30. The van der Waals surface area contributed by atoms with E-state index in [1.54, 1.807) is 6.07 Å². The Hall–Kier alpha value is -1.80. The average molecular weight is 228 g/mol. The molecule has 0 aliphatic heterocycles. The van der Waals surface area contributed by atoms with E-state index in [1.807, 2.05) is 42.5 Å². The Kier molecular flexibility index (Phi) is 3.78. The maximum Gasteiger partial charge on any atom is 0.123 e. The van der Waals surface area contributed by atoms with Crippen LogP contribution in [0.1, 0.15) is 12.0 Å². The molecule has 2 nitrogen and oxygen atoms in total. The first-order chi connectivity index (χ1) is 8.31. The summed E-state index contributed by atoms with van der Waals surface area (Å²) in [5.74, 6) is 0.295. The van der Waals surface area contributed by atoms with Gasteiger partial charge in [0.05, 0.1) is 0 Å². The highest BCUT2D eigenvalue weighted by atomic mass is 16.3. The third-order valence-electron chi connectivity index (χ3n) is 2.77. The Morgan fingerprint density at radius 3 is 2.41 bits per heavy atom. The largest absolute Gasteiger partial charge is 0.507 e. The third kappa shape index (κ3) is 2.86. The predicted molar refractivity (Wildman–Crippen MR) is 68.9 cm³/mol. The van der Waals surface area contributed by atoms with Crippen LogP contribution in [0.15, 0.2) is 48.5 Å². The summed E-state index contributed by atoms with van der Waals surface area (Å²) in [4.78, 5) is 0. The Bertz CT molecular complexity index is 478. The first kappa shape index (κ1) is 11.7. The molecule has 0 bridgehead atoms. The van der Waals surface area contributed by atoms with Crippen molar-refractivity contribution in [3.8, 4) is 16.9 Å². The van der Waals surface area contributed by atoms with Gasteiger partial charge in [0, 0.05) is 12.2 Å². The van der Waals surface area contributed by atoms with Crippen LogP contribution in [-0.4, -0.2) is 16.8 Å². The second kappa shape index (κ2) is 5.51. The molecule has 0 atom stereocenters. The van der Waals surface area contributed by atoms with Crippen LogP contribution in [0.5, 0.6) is 5.75 Å². The highest BCUT2D eigenvalue weighted by Gasteiger charge is 2.04. The number of aryl methyl sites for hydroxylation is 1. The number of rotatable bonds is 4. The molecule has 0 radical (unpaired) electrons. The molecule has 2 aromatic rings. The SMILES string of the molecule is OCCCc1ccc(O)c(-c2ccccc2)c1. The van der Waals surface area contributed by atoms with Gasteiger partial charge in [0.25, 0.3) is 0 Å². The summed E-state index contributed by atoms with van der Waals surface area (Å²) < 4.78 is 0. The van der Waals surface area contributed by atoms with Gasteiger partial charge >= 0.3 is 0 Å². The quantitative estimate of drug-likeness (QED) is 0.844. The van der Waals surface area contributed by atoms with Gasteiger partial charge in [-0.3, -0.25) is 0 Å². The zero-order valence-electron chi connectivity index (χ0n) is 9.63. The molecule has 0 spiro atoms. The molecule has 88 valence electrons. The third-order valence-corrected chi connectivity index (χ3v) is 2.77. The molecule has 2 rings (SSSR count). The summed E-state index contributed by atoms with van der Waals surface area (Å²) in [5.41, 5.74) is 2.99. The zero-order valence-corrected chi connectivity index (χ0v) is 9.63. The van der Waals surface area contributed by atoms with Gasteiger partial charge in [0.1, 0.15) is 5.75 Å². The van der Waals surface area contributed by atoms with Crippen molar-refractivity contribution >= 4 is 0 Å². The van der Waals surface area contributed by atoms with E-state index in [4.69, 9.17) is 5.11 Å². The van der Waals surface area contributed by atoms with E-state index in [0.29, 0.717) is 5.75 Å². The molecule has 0 heterocycles. The van der Waals surface area contributed by atoms with Gasteiger partial charge in [-0.2, -0.15) is 0 Å². The molecule has 0 saturated carbocycles. The van der Waals surface area contributed by atoms with Crippen molar-refractivity contribution in [3.63, 3.8) is 0 Å². The fraction of sp³-hybridized carbons (Fsp3) is 0.200. The first-order valence-corrected chi connectivity index (χ1v) is 5.79. The van der Waals surface area contributed by atoms with Gasteiger partial charge in [0.2, 0.25) is 0 Å². The number of phenolic OH excluding ortho intramolecular Hbond substituents is 1. The second-order valence-corrected chi connectivity index (χ2v) is 4.04. The lowest BCUT2D eigenvalue weighted by atomic mass is 10.00. The normalized spacial score (nSPS) is 10.4. The van der Waals surface area contributed by atoms with Crippen LogP contribution in [0.2, 0.25) is 0 Å². The molecule has 2 N–H and O–H groups in total. The molecule has 0 amide bonds. The molecule has 0 fully saturated rings. The van der Waals surface area contributed by atoms with Gasteiger partial charge in [-0.25, -0.2) is 0 Å². The lowest BCUT2D eigenvalue weighted by Crippen LogP contribution is -1.90. The highest BCUT2D eigenvalue weighted by molar-refractivity contribution is 5.70. The van der Waals surface area contributed by atoms with Crippen molar-refractivity contribution in [2.75, 3.05) is 6.61 Å². The second-order valence-electron chi connectivity index (χ2n) is 4.04. The van der Waals surface area contributed by atoms with Crippen molar-refractivity contribution in [1.29, 1.82) is 0 Å². The molecule has 17 heavy (non-hydrogen) atoms. The molecule has 2 aromatic carbocycles. The molecule has 2 heteroatoms. The molecular weight excluding hydrogens is 212 g/mol. The van der Waals surface area contributed by atoms with Crippen LogP contribution in [0.25, 0.3) is 11.1 Å². The van der Waals surface area contributed by atoms with E-state index in [9.17, 15) is 5.11 Å². The summed E-state index contributed by atoms with van der Waals surface area (Å²) in [6.07, 6.45) is 1.58. The van der Waals surface area contributed by atoms with Gasteiger partial charge in [0.15, 0.2) is 0 Å². The van der Waals surface area contributed by atoms with Gasteiger partial charge < -0.3 is 10.2 Å². The number of aromatic hydroxyl groups is 1. The van der Waals surface area contributed by atoms with Crippen molar-refractivity contribution < 1.29 is 10.2 Å². The summed E-state index contributed by atoms with van der Waals surface area (Å²) in [6.45, 7) is 0.196. The van der Waals surface area contributed by atoms with Crippen LogP contribution < -0.4 is 0 Å². The van der Waals surface area contributed by atoms with Crippen LogP contribution in [0, 0.1) is 0 Å². The minimum atomic E-state index is 0.196. The fourth-order valence-corrected chi connectivity index (χ4v) is 1.87. The number of phenols is 1. The topological polar surface area (TPSA) is 40.5 Å². The van der Waals surface area contributed by atoms with Crippen molar-refractivity contribution in [1.82, 2.24) is 0 Å². The van der Waals surface area contributed by atoms with E-state index in [-0.39, 0.29) is 6.61 Å². The van der Waals surface area contributed by atoms with E-state index >= 15 is 0 Å². The Morgan fingerprint density at radius 1 is 0.941 bits per heavy atom. The molecule has 0 aliphatic carbocycles. The van der Waals surface area contributed by atoms with Gasteiger partial charge in [-0.05, 0) is 36.1 Å². The van der Waals surface area contributed by atoms with E-state index in [0.717, 1.165) is 29.5 Å². The molecule has 0 saturated heterocycles. The summed E-state index contributed by atoms with van der Waals surface area (Å²) in [7, 11) is 0. The van der Waals surface area contributed by atoms with Crippen LogP contribution >= 0.6 is 0 Å². The predicted octanol–water partition coefficient (Wildman–Crippen LogP) is 2.98. The maximum absolute atomic E-state index is 9.86. The number of hydrogen-bond acceptors (Lipinski definition) is 2. The molecular formula is C15H16O2. The zero-order chi connectivity index (χ0) is 12.1. The molecule has 0 unspecified atom stereocenters. The summed E-state index contributed by atoms with van der Waals surface area (Å²) >= 11 is 0. The van der Waals surface area contributed by atoms with Crippen LogP contribution in [-0.2, 0) is 6.42 Å². The monoisotopic (exact) mass is 228 g/mol. The van der Waals surface area contributed by atoms with Crippen LogP contribution in [0.3, 0.4) is 0 Å². The van der Waals surface area contributed by atoms with Crippen LogP contribution in [0.4, 0.5) is 0 Å². The lowest BCUT2D eigenvalue weighted by Gasteiger charge is -2.07. The lowest BCUT2D eigenvalue weighted by molar-refractivity contribution is 0.288. The minimum Gasteiger partial charge on any atom is -0.507 e. The number of benzene rings is 2. The Balaban J connectivity index is 2.33. The summed E-state index contributed by atoms with van der Waals surface area (Å²) in [5, 5.41) is 18.7. The van der Waals surface area contributed by atoms with Crippen molar-refractivity contribution in [2.24, 2.45) is 0 Å². The Labute approximate surface area is 101 Å². The van der Waals surface area contributed by atoms with E-state index in [1.165, 1.54) is 0 Å². The first-order valence-electron chi connectivity index (χ1n) is 5.79. The smallest absolute Gasteiger partial charge is 0.123 e. The molecule has 0 aromatic heterocycles. The fourth-order valence-electron chi connectivity index (χ4n) is 1.87. The standard InChI is InChI=1S/C15H16O2/c16-10-4-5-12-8-9-15(17)14(11-12)13-6-2-1-3-7-13/h1-3,6-9,11,16-17H,4-5,10H2. The van der Waals surface area contributed by atoms with Crippen molar-refractivity contribution in [2.45, 2.75) is 12.8 Å². The van der Waals surface area contributed by atoms with E-state index in [2.05, 4.69) is 0 Å². The average Bonchev–Trinajstić information content (AvgIpc) is 2.39. The van der Waals surface area contributed by atoms with Gasteiger partial charge in [-0.1, -0.05) is 36.4 Å². The minimum absolute atomic E-state index is 0.196. The van der Waals surface area contributed by atoms with Gasteiger partial charge in [-0.15, -0.1) is 0 Å². The summed E-state index contributed by atoms with van der Waals surface area (Å²) in [6, 6.07) is 15.4. The Morgan fingerprint density at radius 2 is 1.71 bits per heavy atom. The number of aliphatic hydroxyl groups excluding tert-OH is 1. The number of aliphatic hydroxyl groups is 1.